The highest BCUT2D eigenvalue weighted by molar-refractivity contribution is 4.76. The molecule has 2 nitrogen and oxygen atoms in total. The molecule has 108 valence electrons. The highest BCUT2D eigenvalue weighted by Crippen LogP contribution is 2.15. The first-order valence-electron chi connectivity index (χ1n) is 7.65. The smallest absolute Gasteiger partial charge is 0.0104 e. The van der Waals surface area contributed by atoms with Gasteiger partial charge in [0.05, 0.1) is 0 Å². The van der Waals surface area contributed by atoms with Gasteiger partial charge in [0.2, 0.25) is 0 Å². The Labute approximate surface area is 115 Å². The number of hydrogen-bond donors (Lipinski definition) is 1. The number of nitrogens with one attached hydrogen (secondary N) is 1. The predicted octanol–water partition coefficient (Wildman–Crippen LogP) is 3.55. The Hall–Kier alpha value is -0.340. The number of allylic oxidation sites excluding steroid dienone is 1. The first-order valence-corrected chi connectivity index (χ1v) is 7.65. The lowest BCUT2D eigenvalue weighted by Gasteiger charge is -2.19. The molecule has 0 saturated heterocycles. The van der Waals surface area contributed by atoms with Gasteiger partial charge >= 0.3 is 0 Å². The Morgan fingerprint density at radius 1 is 1.22 bits per heavy atom. The summed E-state index contributed by atoms with van der Waals surface area (Å²) in [5.41, 5.74) is 0. The van der Waals surface area contributed by atoms with Gasteiger partial charge in [0.25, 0.3) is 0 Å². The minimum absolute atomic E-state index is 0.662. The van der Waals surface area contributed by atoms with Crippen molar-refractivity contribution in [3.63, 3.8) is 0 Å². The third kappa shape index (κ3) is 9.67. The molecule has 0 bridgehead atoms. The van der Waals surface area contributed by atoms with Crippen LogP contribution in [0.1, 0.15) is 46.5 Å². The lowest BCUT2D eigenvalue weighted by Crippen LogP contribution is -2.32. The third-order valence-electron chi connectivity index (χ3n) is 3.72. The summed E-state index contributed by atoms with van der Waals surface area (Å²) in [6, 6.07) is 0. The number of likely N-dealkylation sites (N-methyl/N-ethyl adjacent to an activating group) is 1. The van der Waals surface area contributed by atoms with Crippen molar-refractivity contribution < 1.29 is 0 Å². The van der Waals surface area contributed by atoms with Crippen LogP contribution in [0.2, 0.25) is 0 Å². The maximum atomic E-state index is 3.86. The molecule has 0 aliphatic rings. The van der Waals surface area contributed by atoms with Crippen LogP contribution in [-0.4, -0.2) is 38.1 Å². The summed E-state index contributed by atoms with van der Waals surface area (Å²) in [5, 5.41) is 3.60. The van der Waals surface area contributed by atoms with Gasteiger partial charge in [-0.3, -0.25) is 0 Å². The van der Waals surface area contributed by atoms with Crippen molar-refractivity contribution in [3.8, 4) is 0 Å². The van der Waals surface area contributed by atoms with E-state index < -0.39 is 0 Å². The van der Waals surface area contributed by atoms with Gasteiger partial charge in [0.15, 0.2) is 0 Å². The van der Waals surface area contributed by atoms with Gasteiger partial charge in [0, 0.05) is 13.1 Å². The fraction of sp³-hybridized carbons (Fsp3) is 0.875. The monoisotopic (exact) mass is 254 g/mol. The van der Waals surface area contributed by atoms with Crippen LogP contribution < -0.4 is 5.32 Å². The second-order valence-electron chi connectivity index (χ2n) is 5.57. The van der Waals surface area contributed by atoms with Crippen LogP contribution >= 0.6 is 0 Å². The molecule has 0 aromatic rings. The van der Waals surface area contributed by atoms with E-state index in [2.05, 4.69) is 50.7 Å². The molecular weight excluding hydrogens is 220 g/mol. The number of nitrogens with zero attached hydrogens (tertiary/aromatic N) is 1. The normalized spacial score (nSPS) is 14.7. The van der Waals surface area contributed by atoms with Crippen LogP contribution in [0, 0.1) is 11.8 Å². The summed E-state index contributed by atoms with van der Waals surface area (Å²) >= 11 is 0. The lowest BCUT2D eigenvalue weighted by atomic mass is 9.95. The predicted molar refractivity (Wildman–Crippen MR) is 83.0 cm³/mol. The van der Waals surface area contributed by atoms with E-state index in [1.165, 1.54) is 38.8 Å². The van der Waals surface area contributed by atoms with Crippen molar-refractivity contribution in [1.29, 1.82) is 0 Å². The molecule has 0 spiro atoms. The minimum atomic E-state index is 0.662. The summed E-state index contributed by atoms with van der Waals surface area (Å²) in [6.07, 6.45) is 7.19. The molecule has 0 rings (SSSR count). The summed E-state index contributed by atoms with van der Waals surface area (Å²) in [6.45, 7) is 15.3. The van der Waals surface area contributed by atoms with Gasteiger partial charge < -0.3 is 10.2 Å². The van der Waals surface area contributed by atoms with Crippen molar-refractivity contribution in [2.75, 3.05) is 33.2 Å². The van der Waals surface area contributed by atoms with Crippen molar-refractivity contribution in [1.82, 2.24) is 10.2 Å². The van der Waals surface area contributed by atoms with E-state index in [1.807, 2.05) is 0 Å². The molecule has 0 aromatic heterocycles. The SMILES string of the molecule is C=CC(C)CCC(CC)CNCCN(C)CCC. The first kappa shape index (κ1) is 17.7. The second-order valence-corrected chi connectivity index (χ2v) is 5.57. The average Bonchev–Trinajstić information content (AvgIpc) is 2.37. The van der Waals surface area contributed by atoms with Gasteiger partial charge in [-0.25, -0.2) is 0 Å². The van der Waals surface area contributed by atoms with E-state index in [9.17, 15) is 0 Å². The summed E-state index contributed by atoms with van der Waals surface area (Å²) in [4.78, 5) is 2.40. The van der Waals surface area contributed by atoms with E-state index >= 15 is 0 Å². The molecule has 0 amide bonds. The first-order chi connectivity index (χ1) is 8.63. The quantitative estimate of drug-likeness (QED) is 0.423. The van der Waals surface area contributed by atoms with E-state index in [-0.39, 0.29) is 0 Å². The highest BCUT2D eigenvalue weighted by Gasteiger charge is 2.07. The van der Waals surface area contributed by atoms with Crippen LogP contribution in [0.25, 0.3) is 0 Å². The molecule has 1 N–H and O–H groups in total. The standard InChI is InChI=1S/C16H34N2/c1-6-12-18(5)13-11-17-14-16(8-3)10-9-15(4)7-2/h7,15-17H,2,6,8-14H2,1,3-5H3. The zero-order valence-electron chi connectivity index (χ0n) is 13.0. The van der Waals surface area contributed by atoms with E-state index in [4.69, 9.17) is 0 Å². The van der Waals surface area contributed by atoms with Gasteiger partial charge in [-0.1, -0.05) is 33.3 Å². The van der Waals surface area contributed by atoms with E-state index in [0.29, 0.717) is 5.92 Å². The maximum Gasteiger partial charge on any atom is 0.0104 e. The summed E-state index contributed by atoms with van der Waals surface area (Å²) in [5.74, 6) is 1.48. The summed E-state index contributed by atoms with van der Waals surface area (Å²) in [7, 11) is 2.20. The summed E-state index contributed by atoms with van der Waals surface area (Å²) < 4.78 is 0. The van der Waals surface area contributed by atoms with Crippen molar-refractivity contribution >= 4 is 0 Å². The highest BCUT2D eigenvalue weighted by atomic mass is 15.1. The van der Waals surface area contributed by atoms with Crippen LogP contribution in [0.5, 0.6) is 0 Å². The van der Waals surface area contributed by atoms with Gasteiger partial charge in [-0.2, -0.15) is 0 Å². The molecule has 0 saturated carbocycles. The van der Waals surface area contributed by atoms with Crippen molar-refractivity contribution in [2.45, 2.75) is 46.5 Å². The third-order valence-corrected chi connectivity index (χ3v) is 3.72. The molecule has 0 fully saturated rings. The van der Waals surface area contributed by atoms with E-state index in [0.717, 1.165) is 19.0 Å². The Morgan fingerprint density at radius 2 is 1.94 bits per heavy atom. The van der Waals surface area contributed by atoms with Crippen molar-refractivity contribution in [3.05, 3.63) is 12.7 Å². The maximum absolute atomic E-state index is 3.86. The van der Waals surface area contributed by atoms with Gasteiger partial charge in [-0.05, 0) is 51.2 Å². The number of rotatable bonds is 12. The molecule has 2 atom stereocenters. The van der Waals surface area contributed by atoms with Crippen molar-refractivity contribution in [2.24, 2.45) is 11.8 Å². The van der Waals surface area contributed by atoms with E-state index in [1.54, 1.807) is 0 Å². The topological polar surface area (TPSA) is 15.3 Å². The molecule has 0 aromatic carbocycles. The van der Waals surface area contributed by atoms with Crippen LogP contribution in [0.15, 0.2) is 12.7 Å². The molecule has 0 aliphatic carbocycles. The van der Waals surface area contributed by atoms with Gasteiger partial charge in [0.1, 0.15) is 0 Å². The Balaban J connectivity index is 3.58. The van der Waals surface area contributed by atoms with Crippen LogP contribution in [-0.2, 0) is 0 Å². The molecule has 0 heterocycles. The number of hydrogen-bond acceptors (Lipinski definition) is 2. The molecule has 0 aliphatic heterocycles. The fourth-order valence-corrected chi connectivity index (χ4v) is 2.14. The fourth-order valence-electron chi connectivity index (χ4n) is 2.14. The minimum Gasteiger partial charge on any atom is -0.315 e. The van der Waals surface area contributed by atoms with Crippen LogP contribution in [0.4, 0.5) is 0 Å². The average molecular weight is 254 g/mol. The molecule has 2 unspecified atom stereocenters. The Bertz CT molecular complexity index is 192. The zero-order valence-corrected chi connectivity index (χ0v) is 13.0. The lowest BCUT2D eigenvalue weighted by molar-refractivity contribution is 0.322. The zero-order chi connectivity index (χ0) is 13.8. The van der Waals surface area contributed by atoms with Gasteiger partial charge in [-0.15, -0.1) is 6.58 Å². The Kier molecular flexibility index (Phi) is 11.5. The molecular formula is C16H34N2. The largest absolute Gasteiger partial charge is 0.315 e. The molecule has 2 heteroatoms. The molecule has 18 heavy (non-hydrogen) atoms. The molecule has 0 radical (unpaired) electrons. The second kappa shape index (κ2) is 11.7. The Morgan fingerprint density at radius 3 is 2.50 bits per heavy atom. The van der Waals surface area contributed by atoms with Crippen LogP contribution in [0.3, 0.4) is 0 Å².